The van der Waals surface area contributed by atoms with Crippen LogP contribution in [0.5, 0.6) is 0 Å². The molecule has 15 heavy (non-hydrogen) atoms. The minimum absolute atomic E-state index is 0.00496. The summed E-state index contributed by atoms with van der Waals surface area (Å²) in [7, 11) is 0. The molecule has 0 bridgehead atoms. The third-order valence-electron chi connectivity index (χ3n) is 2.94. The van der Waals surface area contributed by atoms with E-state index in [1.54, 1.807) is 0 Å². The van der Waals surface area contributed by atoms with E-state index in [-0.39, 0.29) is 12.1 Å². The maximum Gasteiger partial charge on any atom is 0.306 e. The van der Waals surface area contributed by atoms with Crippen molar-refractivity contribution in [1.82, 2.24) is 0 Å². The Hall–Kier alpha value is -0.570. The molecule has 1 rings (SSSR count). The Morgan fingerprint density at radius 2 is 1.80 bits per heavy atom. The van der Waals surface area contributed by atoms with E-state index in [0.29, 0.717) is 6.42 Å². The van der Waals surface area contributed by atoms with Crippen LogP contribution in [-0.4, -0.2) is 18.6 Å². The van der Waals surface area contributed by atoms with Crippen molar-refractivity contribution >= 4 is 5.97 Å². The summed E-state index contributed by atoms with van der Waals surface area (Å²) >= 11 is 0. The van der Waals surface area contributed by atoms with E-state index >= 15 is 0 Å². The first-order chi connectivity index (χ1) is 7.33. The second-order valence-corrected chi connectivity index (χ2v) is 4.35. The molecule has 3 heteroatoms. The molecule has 1 fully saturated rings. The topological polar surface area (TPSA) is 52.3 Å². The average molecular weight is 213 g/mol. The zero-order chi connectivity index (χ0) is 10.9. The molecule has 0 aromatic heterocycles. The van der Waals surface area contributed by atoms with E-state index in [2.05, 4.69) is 0 Å². The van der Waals surface area contributed by atoms with Gasteiger partial charge in [0, 0.05) is 6.42 Å². The lowest BCUT2D eigenvalue weighted by molar-refractivity contribution is -0.148. The number of hydrogen-bond donors (Lipinski definition) is 1. The standard InChI is InChI=1S/C12H23NO2/c13-10-6-2-1-3-9-12(14)15-11-7-4-5-8-11/h11H,1-10,13H2. The maximum atomic E-state index is 11.4. The Bertz CT molecular complexity index is 176. The van der Waals surface area contributed by atoms with Gasteiger partial charge in [-0.3, -0.25) is 4.79 Å². The van der Waals surface area contributed by atoms with Crippen molar-refractivity contribution in [3.05, 3.63) is 0 Å². The fourth-order valence-electron chi connectivity index (χ4n) is 2.02. The fourth-order valence-corrected chi connectivity index (χ4v) is 2.02. The predicted molar refractivity (Wildman–Crippen MR) is 60.5 cm³/mol. The van der Waals surface area contributed by atoms with Gasteiger partial charge in [0.15, 0.2) is 0 Å². The van der Waals surface area contributed by atoms with E-state index in [9.17, 15) is 4.79 Å². The summed E-state index contributed by atoms with van der Waals surface area (Å²) in [6.07, 6.45) is 9.62. The highest BCUT2D eigenvalue weighted by molar-refractivity contribution is 5.69. The smallest absolute Gasteiger partial charge is 0.306 e. The van der Waals surface area contributed by atoms with Gasteiger partial charge in [-0.15, -0.1) is 0 Å². The van der Waals surface area contributed by atoms with Crippen LogP contribution in [0.3, 0.4) is 0 Å². The predicted octanol–water partition coefficient (Wildman–Crippen LogP) is 2.38. The first kappa shape index (κ1) is 12.5. The first-order valence-electron chi connectivity index (χ1n) is 6.22. The van der Waals surface area contributed by atoms with Gasteiger partial charge >= 0.3 is 5.97 Å². The minimum atomic E-state index is -0.00496. The normalized spacial score (nSPS) is 16.9. The minimum Gasteiger partial charge on any atom is -0.462 e. The Balaban J connectivity index is 1.93. The molecule has 1 aliphatic carbocycles. The molecule has 0 aromatic carbocycles. The number of hydrogen-bond acceptors (Lipinski definition) is 3. The van der Waals surface area contributed by atoms with E-state index in [4.69, 9.17) is 10.5 Å². The van der Waals surface area contributed by atoms with Crippen molar-refractivity contribution in [2.75, 3.05) is 6.54 Å². The lowest BCUT2D eigenvalue weighted by Crippen LogP contribution is -2.14. The van der Waals surface area contributed by atoms with Crippen LogP contribution in [0, 0.1) is 0 Å². The number of carbonyl (C=O) groups is 1. The number of unbranched alkanes of at least 4 members (excludes halogenated alkanes) is 3. The van der Waals surface area contributed by atoms with Crippen molar-refractivity contribution in [3.63, 3.8) is 0 Å². The molecule has 0 aliphatic heterocycles. The Kier molecular flexibility index (Phi) is 6.41. The molecule has 0 heterocycles. The third kappa shape index (κ3) is 5.78. The maximum absolute atomic E-state index is 11.4. The summed E-state index contributed by atoms with van der Waals surface area (Å²) < 4.78 is 5.35. The Labute approximate surface area is 92.4 Å². The van der Waals surface area contributed by atoms with Crippen molar-refractivity contribution < 1.29 is 9.53 Å². The van der Waals surface area contributed by atoms with Crippen LogP contribution in [0.15, 0.2) is 0 Å². The highest BCUT2D eigenvalue weighted by Gasteiger charge is 2.18. The van der Waals surface area contributed by atoms with Crippen molar-refractivity contribution in [2.24, 2.45) is 5.73 Å². The number of esters is 1. The number of nitrogens with two attached hydrogens (primary N) is 1. The second kappa shape index (κ2) is 7.69. The number of ether oxygens (including phenoxy) is 1. The van der Waals surface area contributed by atoms with Gasteiger partial charge in [0.2, 0.25) is 0 Å². The average Bonchev–Trinajstić information content (AvgIpc) is 2.70. The largest absolute Gasteiger partial charge is 0.462 e. The molecule has 0 saturated heterocycles. The van der Waals surface area contributed by atoms with Gasteiger partial charge in [0.25, 0.3) is 0 Å². The van der Waals surface area contributed by atoms with Crippen LogP contribution in [-0.2, 0) is 9.53 Å². The Morgan fingerprint density at radius 1 is 1.13 bits per heavy atom. The lowest BCUT2D eigenvalue weighted by atomic mass is 10.1. The van der Waals surface area contributed by atoms with E-state index in [1.807, 2.05) is 0 Å². The van der Waals surface area contributed by atoms with Gasteiger partial charge in [-0.25, -0.2) is 0 Å². The van der Waals surface area contributed by atoms with E-state index < -0.39 is 0 Å². The number of carbonyl (C=O) groups excluding carboxylic acids is 1. The zero-order valence-corrected chi connectivity index (χ0v) is 9.54. The summed E-state index contributed by atoms with van der Waals surface area (Å²) in [4.78, 5) is 11.4. The zero-order valence-electron chi connectivity index (χ0n) is 9.54. The van der Waals surface area contributed by atoms with E-state index in [1.165, 1.54) is 12.8 Å². The van der Waals surface area contributed by atoms with Crippen molar-refractivity contribution in [3.8, 4) is 0 Å². The van der Waals surface area contributed by atoms with Crippen LogP contribution in [0.25, 0.3) is 0 Å². The monoisotopic (exact) mass is 213 g/mol. The molecule has 0 spiro atoms. The van der Waals surface area contributed by atoms with Gasteiger partial charge in [0.1, 0.15) is 6.10 Å². The molecular formula is C12H23NO2. The molecular weight excluding hydrogens is 190 g/mol. The summed E-state index contributed by atoms with van der Waals surface area (Å²) in [6, 6.07) is 0. The third-order valence-corrected chi connectivity index (χ3v) is 2.94. The van der Waals surface area contributed by atoms with Gasteiger partial charge in [-0.1, -0.05) is 12.8 Å². The van der Waals surface area contributed by atoms with Crippen LogP contribution in [0.4, 0.5) is 0 Å². The van der Waals surface area contributed by atoms with Gasteiger partial charge in [0.05, 0.1) is 0 Å². The van der Waals surface area contributed by atoms with Gasteiger partial charge in [-0.2, -0.15) is 0 Å². The molecule has 0 aromatic rings. The summed E-state index contributed by atoms with van der Waals surface area (Å²) in [5, 5.41) is 0. The number of rotatable bonds is 7. The van der Waals surface area contributed by atoms with Crippen molar-refractivity contribution in [2.45, 2.75) is 63.9 Å². The second-order valence-electron chi connectivity index (χ2n) is 4.35. The van der Waals surface area contributed by atoms with Crippen LogP contribution < -0.4 is 5.73 Å². The fraction of sp³-hybridized carbons (Fsp3) is 0.917. The van der Waals surface area contributed by atoms with Gasteiger partial charge in [-0.05, 0) is 45.1 Å². The lowest BCUT2D eigenvalue weighted by Gasteiger charge is -2.10. The molecule has 0 radical (unpaired) electrons. The first-order valence-corrected chi connectivity index (χ1v) is 6.22. The van der Waals surface area contributed by atoms with Crippen LogP contribution >= 0.6 is 0 Å². The molecule has 88 valence electrons. The highest BCUT2D eigenvalue weighted by atomic mass is 16.5. The van der Waals surface area contributed by atoms with Crippen LogP contribution in [0.2, 0.25) is 0 Å². The molecule has 0 atom stereocenters. The quantitative estimate of drug-likeness (QED) is 0.522. The summed E-state index contributed by atoms with van der Waals surface area (Å²) in [5.41, 5.74) is 5.39. The Morgan fingerprint density at radius 3 is 2.47 bits per heavy atom. The molecule has 3 nitrogen and oxygen atoms in total. The summed E-state index contributed by atoms with van der Waals surface area (Å²) in [6.45, 7) is 0.756. The van der Waals surface area contributed by atoms with Crippen LogP contribution in [0.1, 0.15) is 57.8 Å². The van der Waals surface area contributed by atoms with Crippen molar-refractivity contribution in [1.29, 1.82) is 0 Å². The van der Waals surface area contributed by atoms with Gasteiger partial charge < -0.3 is 10.5 Å². The molecule has 1 saturated carbocycles. The molecule has 0 amide bonds. The molecule has 2 N–H and O–H groups in total. The highest BCUT2D eigenvalue weighted by Crippen LogP contribution is 2.21. The van der Waals surface area contributed by atoms with E-state index in [0.717, 1.165) is 45.1 Å². The summed E-state index contributed by atoms with van der Waals surface area (Å²) in [5.74, 6) is -0.00496. The molecule has 1 aliphatic rings. The SMILES string of the molecule is NCCCCCCC(=O)OC1CCCC1. The molecule has 0 unspecified atom stereocenters.